The summed E-state index contributed by atoms with van der Waals surface area (Å²) in [6.45, 7) is 4.64. The van der Waals surface area contributed by atoms with E-state index < -0.39 is 33.2 Å². The first kappa shape index (κ1) is 18.1. The SMILES string of the molecule is CCc1cccc(C)c1N[C@H](C(=O)[C@H](C)C(=O)O)S(=O)(=O)O. The zero-order valence-corrected chi connectivity index (χ0v) is 13.3. The van der Waals surface area contributed by atoms with E-state index in [-0.39, 0.29) is 0 Å². The van der Waals surface area contributed by atoms with E-state index in [1.165, 1.54) is 0 Å². The number of rotatable bonds is 7. The molecule has 0 bridgehead atoms. The number of aryl methyl sites for hydroxylation is 2. The first-order valence-corrected chi connectivity index (χ1v) is 8.17. The molecule has 0 fully saturated rings. The number of anilines is 1. The van der Waals surface area contributed by atoms with Gasteiger partial charge in [-0.3, -0.25) is 14.1 Å². The molecule has 0 saturated carbocycles. The molecule has 2 atom stereocenters. The highest BCUT2D eigenvalue weighted by molar-refractivity contribution is 7.87. The molecule has 1 aromatic rings. The quantitative estimate of drug-likeness (QED) is 0.511. The molecular weight excluding hydrogens is 310 g/mol. The van der Waals surface area contributed by atoms with Crippen LogP contribution in [-0.2, 0) is 26.1 Å². The van der Waals surface area contributed by atoms with Gasteiger partial charge in [-0.2, -0.15) is 8.42 Å². The van der Waals surface area contributed by atoms with E-state index in [1.807, 2.05) is 6.92 Å². The summed E-state index contributed by atoms with van der Waals surface area (Å²) in [7, 11) is -4.81. The summed E-state index contributed by atoms with van der Waals surface area (Å²) in [5.74, 6) is -4.14. The van der Waals surface area contributed by atoms with E-state index in [4.69, 9.17) is 5.11 Å². The molecule has 3 N–H and O–H groups in total. The van der Waals surface area contributed by atoms with Gasteiger partial charge in [0.15, 0.2) is 5.78 Å². The highest BCUT2D eigenvalue weighted by Gasteiger charge is 2.37. The fourth-order valence-electron chi connectivity index (χ4n) is 2.00. The summed E-state index contributed by atoms with van der Waals surface area (Å²) in [6, 6.07) is 5.25. The third-order valence-corrected chi connectivity index (χ3v) is 4.31. The molecular formula is C14H19NO6S. The van der Waals surface area contributed by atoms with E-state index in [9.17, 15) is 22.6 Å². The van der Waals surface area contributed by atoms with Crippen molar-refractivity contribution in [3.63, 3.8) is 0 Å². The van der Waals surface area contributed by atoms with E-state index >= 15 is 0 Å². The largest absolute Gasteiger partial charge is 0.481 e. The summed E-state index contributed by atoms with van der Waals surface area (Å²) < 4.78 is 32.3. The van der Waals surface area contributed by atoms with Crippen molar-refractivity contribution in [1.29, 1.82) is 0 Å². The van der Waals surface area contributed by atoms with Crippen molar-refractivity contribution in [2.45, 2.75) is 32.6 Å². The van der Waals surface area contributed by atoms with Crippen molar-refractivity contribution in [1.82, 2.24) is 0 Å². The molecule has 0 aliphatic carbocycles. The number of carboxylic acid groups (broad SMARTS) is 1. The maximum Gasteiger partial charge on any atom is 0.313 e. The Morgan fingerprint density at radius 3 is 2.36 bits per heavy atom. The minimum atomic E-state index is -4.81. The van der Waals surface area contributed by atoms with E-state index in [1.54, 1.807) is 25.1 Å². The number of carbonyl (C=O) groups excluding carboxylic acids is 1. The minimum absolute atomic E-state index is 0.401. The Balaban J connectivity index is 3.28. The fourth-order valence-corrected chi connectivity index (χ4v) is 2.77. The van der Waals surface area contributed by atoms with Crippen LogP contribution >= 0.6 is 0 Å². The Labute approximate surface area is 129 Å². The van der Waals surface area contributed by atoms with Gasteiger partial charge in [0, 0.05) is 5.69 Å². The van der Waals surface area contributed by atoms with Crippen LogP contribution in [-0.4, -0.2) is 35.2 Å². The topological polar surface area (TPSA) is 121 Å². The lowest BCUT2D eigenvalue weighted by molar-refractivity contribution is -0.145. The number of carboxylic acids is 1. The van der Waals surface area contributed by atoms with Gasteiger partial charge >= 0.3 is 5.97 Å². The van der Waals surface area contributed by atoms with Gasteiger partial charge in [0.05, 0.1) is 0 Å². The number of hydrogen-bond donors (Lipinski definition) is 3. The van der Waals surface area contributed by atoms with Gasteiger partial charge in [-0.1, -0.05) is 25.1 Å². The Morgan fingerprint density at radius 2 is 1.91 bits per heavy atom. The molecule has 0 heterocycles. The maximum atomic E-state index is 12.1. The number of para-hydroxylation sites is 1. The number of benzene rings is 1. The van der Waals surface area contributed by atoms with Gasteiger partial charge in [-0.05, 0) is 31.4 Å². The van der Waals surface area contributed by atoms with Crippen LogP contribution in [0, 0.1) is 12.8 Å². The van der Waals surface area contributed by atoms with E-state index in [0.29, 0.717) is 17.7 Å². The number of Topliss-reactive ketones (excluding diaryl/α,β-unsaturated/α-hetero) is 1. The molecule has 0 saturated heterocycles. The Bertz CT molecular complexity index is 683. The number of aliphatic carboxylic acids is 1. The number of ketones is 1. The van der Waals surface area contributed by atoms with Gasteiger partial charge in [0.1, 0.15) is 5.92 Å². The lowest BCUT2D eigenvalue weighted by Crippen LogP contribution is -2.42. The third kappa shape index (κ3) is 4.05. The standard InChI is InChI=1S/C14H19NO6S/c1-4-10-7-5-6-8(2)11(10)15-13(22(19,20)21)12(16)9(3)14(17)18/h5-7,9,13,15H,4H2,1-3H3,(H,17,18)(H,19,20,21)/t9-,13-/m0/s1. The van der Waals surface area contributed by atoms with Crippen LogP contribution < -0.4 is 5.32 Å². The monoisotopic (exact) mass is 329 g/mol. The van der Waals surface area contributed by atoms with Crippen molar-refractivity contribution in [3.8, 4) is 0 Å². The molecule has 0 unspecified atom stereocenters. The van der Waals surface area contributed by atoms with Gasteiger partial charge in [0.2, 0.25) is 5.37 Å². The molecule has 0 amide bonds. The normalized spacial score (nSPS) is 14.2. The second-order valence-corrected chi connectivity index (χ2v) is 6.47. The second kappa shape index (κ2) is 6.89. The summed E-state index contributed by atoms with van der Waals surface area (Å²) in [6.07, 6.45) is 0.574. The van der Waals surface area contributed by atoms with E-state index in [2.05, 4.69) is 5.32 Å². The lowest BCUT2D eigenvalue weighted by Gasteiger charge is -2.21. The molecule has 0 aliphatic rings. The second-order valence-electron chi connectivity index (χ2n) is 4.96. The summed E-state index contributed by atoms with van der Waals surface area (Å²) in [4.78, 5) is 23.0. The molecule has 8 heteroatoms. The summed E-state index contributed by atoms with van der Waals surface area (Å²) in [5.41, 5.74) is 1.84. The smallest absolute Gasteiger partial charge is 0.313 e. The van der Waals surface area contributed by atoms with Gasteiger partial charge < -0.3 is 10.4 Å². The van der Waals surface area contributed by atoms with Crippen molar-refractivity contribution in [2.75, 3.05) is 5.32 Å². The molecule has 0 aliphatic heterocycles. The first-order valence-electron chi connectivity index (χ1n) is 6.67. The van der Waals surface area contributed by atoms with Crippen LogP contribution in [0.3, 0.4) is 0 Å². The molecule has 122 valence electrons. The van der Waals surface area contributed by atoms with Gasteiger partial charge in [0.25, 0.3) is 10.1 Å². The van der Waals surface area contributed by atoms with Crippen LogP contribution in [0.1, 0.15) is 25.0 Å². The minimum Gasteiger partial charge on any atom is -0.481 e. The van der Waals surface area contributed by atoms with Crippen LogP contribution in [0.15, 0.2) is 18.2 Å². The van der Waals surface area contributed by atoms with Crippen molar-refractivity contribution >= 4 is 27.6 Å². The zero-order chi connectivity index (χ0) is 17.1. The molecule has 0 radical (unpaired) electrons. The van der Waals surface area contributed by atoms with Gasteiger partial charge in [-0.25, -0.2) is 0 Å². The molecule has 1 rings (SSSR count). The highest BCUT2D eigenvalue weighted by Crippen LogP contribution is 2.24. The molecule has 1 aromatic carbocycles. The average Bonchev–Trinajstić information content (AvgIpc) is 2.42. The predicted molar refractivity (Wildman–Crippen MR) is 81.3 cm³/mol. The number of hydrogen-bond acceptors (Lipinski definition) is 5. The molecule has 22 heavy (non-hydrogen) atoms. The van der Waals surface area contributed by atoms with Crippen LogP contribution in [0.25, 0.3) is 0 Å². The van der Waals surface area contributed by atoms with Crippen molar-refractivity contribution in [2.24, 2.45) is 5.92 Å². The van der Waals surface area contributed by atoms with E-state index in [0.717, 1.165) is 12.5 Å². The number of nitrogens with one attached hydrogen (secondary N) is 1. The first-order chi connectivity index (χ1) is 10.1. The molecule has 7 nitrogen and oxygen atoms in total. The Hall–Kier alpha value is -1.93. The predicted octanol–water partition coefficient (Wildman–Crippen LogP) is 1.47. The fraction of sp³-hybridized carbons (Fsp3) is 0.429. The summed E-state index contributed by atoms with van der Waals surface area (Å²) >= 11 is 0. The average molecular weight is 329 g/mol. The Kier molecular flexibility index (Phi) is 5.67. The van der Waals surface area contributed by atoms with Crippen LogP contribution in [0.5, 0.6) is 0 Å². The molecule has 0 spiro atoms. The number of carbonyl (C=O) groups is 2. The van der Waals surface area contributed by atoms with Crippen LogP contribution in [0.4, 0.5) is 5.69 Å². The highest BCUT2D eigenvalue weighted by atomic mass is 32.2. The van der Waals surface area contributed by atoms with Gasteiger partial charge in [-0.15, -0.1) is 0 Å². The third-order valence-electron chi connectivity index (χ3n) is 3.37. The van der Waals surface area contributed by atoms with Crippen molar-refractivity contribution in [3.05, 3.63) is 29.3 Å². The summed E-state index contributed by atoms with van der Waals surface area (Å²) in [5, 5.41) is 9.33. The molecule has 0 aromatic heterocycles. The maximum absolute atomic E-state index is 12.1. The lowest BCUT2D eigenvalue weighted by atomic mass is 10.0. The zero-order valence-electron chi connectivity index (χ0n) is 12.5. The van der Waals surface area contributed by atoms with Crippen LogP contribution in [0.2, 0.25) is 0 Å². The Morgan fingerprint density at radius 1 is 1.32 bits per heavy atom. The van der Waals surface area contributed by atoms with Crippen molar-refractivity contribution < 1.29 is 27.7 Å².